The average molecular weight is 365 g/mol. The minimum atomic E-state index is -0.0663. The third-order valence-electron chi connectivity index (χ3n) is 5.03. The fraction of sp³-hybridized carbons (Fsp3) is 0.364. The number of hydrogen-bond acceptors (Lipinski definition) is 3. The van der Waals surface area contributed by atoms with Crippen molar-refractivity contribution in [2.75, 3.05) is 25.5 Å². The zero-order chi connectivity index (χ0) is 19.1. The zero-order valence-electron chi connectivity index (χ0n) is 15.8. The average Bonchev–Trinajstić information content (AvgIpc) is 2.70. The van der Waals surface area contributed by atoms with Gasteiger partial charge in [0.25, 0.3) is 0 Å². The summed E-state index contributed by atoms with van der Waals surface area (Å²) in [7, 11) is 1.62. The van der Waals surface area contributed by atoms with E-state index >= 15 is 0 Å². The van der Waals surface area contributed by atoms with Crippen molar-refractivity contribution in [1.82, 2.24) is 10.2 Å². The first-order valence-corrected chi connectivity index (χ1v) is 9.51. The van der Waals surface area contributed by atoms with Gasteiger partial charge in [-0.1, -0.05) is 48.5 Å². The third kappa shape index (κ3) is 5.41. The number of rotatable bonds is 6. The second-order valence-electron chi connectivity index (χ2n) is 7.06. The van der Waals surface area contributed by atoms with Gasteiger partial charge in [0.15, 0.2) is 0 Å². The van der Waals surface area contributed by atoms with Crippen LogP contribution in [0, 0.1) is 5.92 Å². The molecule has 0 aliphatic carbocycles. The van der Waals surface area contributed by atoms with E-state index in [1.165, 1.54) is 5.56 Å². The maximum atomic E-state index is 12.8. The van der Waals surface area contributed by atoms with Crippen molar-refractivity contribution in [1.29, 1.82) is 0 Å². The molecule has 1 fully saturated rings. The molecule has 2 N–H and O–H groups in total. The van der Waals surface area contributed by atoms with E-state index in [-0.39, 0.29) is 24.2 Å². The maximum absolute atomic E-state index is 12.8. The van der Waals surface area contributed by atoms with Gasteiger partial charge in [0.2, 0.25) is 11.8 Å². The first kappa shape index (κ1) is 19.1. The van der Waals surface area contributed by atoms with E-state index in [2.05, 4.69) is 27.7 Å². The van der Waals surface area contributed by atoms with Gasteiger partial charge in [-0.15, -0.1) is 0 Å². The number of piperidine rings is 1. The zero-order valence-corrected chi connectivity index (χ0v) is 15.8. The van der Waals surface area contributed by atoms with Crippen molar-refractivity contribution < 1.29 is 9.59 Å². The van der Waals surface area contributed by atoms with Gasteiger partial charge in [0, 0.05) is 25.8 Å². The molecule has 2 aromatic rings. The molecule has 3 rings (SSSR count). The highest BCUT2D eigenvalue weighted by atomic mass is 16.2. The van der Waals surface area contributed by atoms with Crippen molar-refractivity contribution in [3.8, 4) is 0 Å². The SMILES string of the molecule is CNC(=O)Cc1ccccc1NC(=O)C1CCCN(Cc2ccccc2)C1. The second kappa shape index (κ2) is 9.33. The first-order chi connectivity index (χ1) is 13.2. The monoisotopic (exact) mass is 365 g/mol. The molecular weight excluding hydrogens is 338 g/mol. The molecule has 1 unspecified atom stereocenters. The van der Waals surface area contributed by atoms with Crippen LogP contribution in [0.5, 0.6) is 0 Å². The Morgan fingerprint density at radius 1 is 1.07 bits per heavy atom. The molecule has 5 nitrogen and oxygen atoms in total. The van der Waals surface area contributed by atoms with Crippen LogP contribution in [0.3, 0.4) is 0 Å². The number of nitrogens with one attached hydrogen (secondary N) is 2. The third-order valence-corrected chi connectivity index (χ3v) is 5.03. The number of carbonyl (C=O) groups is 2. The van der Waals surface area contributed by atoms with Gasteiger partial charge in [-0.3, -0.25) is 14.5 Å². The number of nitrogens with zero attached hydrogens (tertiary/aromatic N) is 1. The lowest BCUT2D eigenvalue weighted by Crippen LogP contribution is -2.40. The molecule has 142 valence electrons. The smallest absolute Gasteiger partial charge is 0.228 e. The van der Waals surface area contributed by atoms with Crippen LogP contribution < -0.4 is 10.6 Å². The Morgan fingerprint density at radius 2 is 1.81 bits per heavy atom. The second-order valence-corrected chi connectivity index (χ2v) is 7.06. The largest absolute Gasteiger partial charge is 0.359 e. The normalized spacial score (nSPS) is 17.3. The summed E-state index contributed by atoms with van der Waals surface area (Å²) in [6.07, 6.45) is 2.18. The van der Waals surface area contributed by atoms with Crippen LogP contribution in [0.2, 0.25) is 0 Å². The van der Waals surface area contributed by atoms with Crippen molar-refractivity contribution >= 4 is 17.5 Å². The van der Waals surface area contributed by atoms with Crippen molar-refractivity contribution in [3.63, 3.8) is 0 Å². The predicted octanol–water partition coefficient (Wildman–Crippen LogP) is 2.83. The standard InChI is InChI=1S/C22H27N3O2/c1-23-21(26)14-18-10-5-6-12-20(18)24-22(27)19-11-7-13-25(16-19)15-17-8-3-2-4-9-17/h2-6,8-10,12,19H,7,11,13-16H2,1H3,(H,23,26)(H,24,27). The minimum absolute atomic E-state index is 0.0319. The number of carbonyl (C=O) groups excluding carboxylic acids is 2. The Hall–Kier alpha value is -2.66. The number of benzene rings is 2. The molecule has 1 aliphatic rings. The number of para-hydroxylation sites is 1. The van der Waals surface area contributed by atoms with E-state index in [0.29, 0.717) is 0 Å². The molecule has 2 aromatic carbocycles. The van der Waals surface area contributed by atoms with Crippen LogP contribution in [0.25, 0.3) is 0 Å². The summed E-state index contributed by atoms with van der Waals surface area (Å²) in [5.41, 5.74) is 2.84. The molecule has 5 heteroatoms. The van der Waals surface area contributed by atoms with Crippen molar-refractivity contribution in [2.24, 2.45) is 5.92 Å². The van der Waals surface area contributed by atoms with Crippen molar-refractivity contribution in [2.45, 2.75) is 25.8 Å². The van der Waals surface area contributed by atoms with Gasteiger partial charge in [-0.2, -0.15) is 0 Å². The van der Waals surface area contributed by atoms with Gasteiger partial charge in [0.1, 0.15) is 0 Å². The quantitative estimate of drug-likeness (QED) is 0.827. The highest BCUT2D eigenvalue weighted by Crippen LogP contribution is 2.22. The Balaban J connectivity index is 1.62. The van der Waals surface area contributed by atoms with Crippen LogP contribution in [0.4, 0.5) is 5.69 Å². The molecular formula is C22H27N3O2. The van der Waals surface area contributed by atoms with E-state index in [9.17, 15) is 9.59 Å². The van der Waals surface area contributed by atoms with Crippen LogP contribution in [-0.4, -0.2) is 36.9 Å². The lowest BCUT2D eigenvalue weighted by atomic mass is 9.96. The number of likely N-dealkylation sites (tertiary alicyclic amines) is 1. The Bertz CT molecular complexity index is 776. The summed E-state index contributed by atoms with van der Waals surface area (Å²) in [4.78, 5) is 26.9. The number of likely N-dealkylation sites (N-methyl/N-ethyl adjacent to an activating group) is 1. The molecule has 0 radical (unpaired) electrons. The Morgan fingerprint density at radius 3 is 2.59 bits per heavy atom. The van der Waals surface area contributed by atoms with E-state index in [4.69, 9.17) is 0 Å². The summed E-state index contributed by atoms with van der Waals surface area (Å²) >= 11 is 0. The van der Waals surface area contributed by atoms with Gasteiger partial charge in [0.05, 0.1) is 12.3 Å². The molecule has 0 spiro atoms. The van der Waals surface area contributed by atoms with Gasteiger partial charge in [-0.25, -0.2) is 0 Å². The van der Waals surface area contributed by atoms with Crippen LogP contribution >= 0.6 is 0 Å². The highest BCUT2D eigenvalue weighted by Gasteiger charge is 2.26. The summed E-state index contributed by atoms with van der Waals surface area (Å²) < 4.78 is 0. The van der Waals surface area contributed by atoms with Gasteiger partial charge < -0.3 is 10.6 Å². The summed E-state index contributed by atoms with van der Waals surface area (Å²) in [6.45, 7) is 2.65. The molecule has 0 saturated carbocycles. The van der Waals surface area contributed by atoms with E-state index in [1.54, 1.807) is 7.05 Å². The fourth-order valence-corrected chi connectivity index (χ4v) is 3.55. The first-order valence-electron chi connectivity index (χ1n) is 9.51. The predicted molar refractivity (Wildman–Crippen MR) is 107 cm³/mol. The topological polar surface area (TPSA) is 61.4 Å². The van der Waals surface area contributed by atoms with Crippen LogP contribution in [0.15, 0.2) is 54.6 Å². The molecule has 27 heavy (non-hydrogen) atoms. The lowest BCUT2D eigenvalue weighted by molar-refractivity contribution is -0.122. The summed E-state index contributed by atoms with van der Waals surface area (Å²) in [5, 5.41) is 5.68. The molecule has 0 bridgehead atoms. The van der Waals surface area contributed by atoms with Gasteiger partial charge >= 0.3 is 0 Å². The molecule has 0 aromatic heterocycles. The number of amides is 2. The molecule has 1 atom stereocenters. The minimum Gasteiger partial charge on any atom is -0.359 e. The maximum Gasteiger partial charge on any atom is 0.228 e. The van der Waals surface area contributed by atoms with Crippen molar-refractivity contribution in [3.05, 3.63) is 65.7 Å². The van der Waals surface area contributed by atoms with E-state index in [1.807, 2.05) is 42.5 Å². The number of anilines is 1. The summed E-state index contributed by atoms with van der Waals surface area (Å²) in [6, 6.07) is 17.9. The highest BCUT2D eigenvalue weighted by molar-refractivity contribution is 5.94. The summed E-state index contributed by atoms with van der Waals surface area (Å²) in [5.74, 6) is -0.0592. The van der Waals surface area contributed by atoms with E-state index in [0.717, 1.165) is 43.7 Å². The van der Waals surface area contributed by atoms with Gasteiger partial charge in [-0.05, 0) is 36.6 Å². The molecule has 1 saturated heterocycles. The fourth-order valence-electron chi connectivity index (χ4n) is 3.55. The Kier molecular flexibility index (Phi) is 6.60. The van der Waals surface area contributed by atoms with E-state index < -0.39 is 0 Å². The lowest BCUT2D eigenvalue weighted by Gasteiger charge is -2.32. The molecule has 1 aliphatic heterocycles. The van der Waals surface area contributed by atoms with Crippen LogP contribution in [0.1, 0.15) is 24.0 Å². The Labute approximate surface area is 160 Å². The number of hydrogen-bond donors (Lipinski definition) is 2. The molecule has 1 heterocycles. The van der Waals surface area contributed by atoms with Crippen LogP contribution in [-0.2, 0) is 22.6 Å². The molecule has 2 amide bonds.